The Bertz CT molecular complexity index is 921. The second-order valence-corrected chi connectivity index (χ2v) is 7.38. The highest BCUT2D eigenvalue weighted by atomic mass is 32.2. The molecule has 1 aromatic heterocycles. The summed E-state index contributed by atoms with van der Waals surface area (Å²) in [6.07, 6.45) is 3.92. The van der Waals surface area contributed by atoms with Gasteiger partial charge in [0.25, 0.3) is 0 Å². The normalized spacial score (nSPS) is 16.6. The van der Waals surface area contributed by atoms with Crippen LogP contribution < -0.4 is 5.32 Å². The zero-order valence-corrected chi connectivity index (χ0v) is 14.5. The third kappa shape index (κ3) is 3.29. The lowest BCUT2D eigenvalue weighted by Crippen LogP contribution is -2.31. The van der Waals surface area contributed by atoms with Gasteiger partial charge in [0.1, 0.15) is 5.82 Å². The van der Waals surface area contributed by atoms with Gasteiger partial charge in [0.05, 0.1) is 6.04 Å². The zero-order chi connectivity index (χ0) is 17.2. The van der Waals surface area contributed by atoms with Gasteiger partial charge in [-0.3, -0.25) is 4.79 Å². The average molecular weight is 354 g/mol. The first-order valence-corrected chi connectivity index (χ1v) is 9.46. The van der Waals surface area contributed by atoms with Crippen molar-refractivity contribution in [3.63, 3.8) is 0 Å². The number of fused-ring (bicyclic) bond motifs is 2. The van der Waals surface area contributed by atoms with Gasteiger partial charge in [-0.25, -0.2) is 4.39 Å². The summed E-state index contributed by atoms with van der Waals surface area (Å²) in [5.74, 6) is 0.638. The lowest BCUT2D eigenvalue weighted by molar-refractivity contribution is -0.121. The van der Waals surface area contributed by atoms with Crippen molar-refractivity contribution in [3.8, 4) is 0 Å². The van der Waals surface area contributed by atoms with E-state index in [1.54, 1.807) is 6.07 Å². The van der Waals surface area contributed by atoms with Crippen molar-refractivity contribution in [1.82, 2.24) is 10.3 Å². The van der Waals surface area contributed by atoms with Crippen LogP contribution in [0.2, 0.25) is 0 Å². The summed E-state index contributed by atoms with van der Waals surface area (Å²) in [6.45, 7) is 0. The largest absolute Gasteiger partial charge is 0.361 e. The Hall–Kier alpha value is -2.27. The number of aromatic nitrogens is 1. The fourth-order valence-corrected chi connectivity index (χ4v) is 4.53. The third-order valence-electron chi connectivity index (χ3n) is 4.66. The molecule has 2 heterocycles. The van der Waals surface area contributed by atoms with E-state index in [1.807, 2.05) is 30.5 Å². The molecule has 1 amide bonds. The number of carbonyl (C=O) groups is 1. The maximum absolute atomic E-state index is 13.9. The highest BCUT2D eigenvalue weighted by Crippen LogP contribution is 2.37. The number of hydrogen-bond acceptors (Lipinski definition) is 2. The Morgan fingerprint density at radius 1 is 1.24 bits per heavy atom. The molecular weight excluding hydrogens is 335 g/mol. The van der Waals surface area contributed by atoms with E-state index in [0.717, 1.165) is 34.2 Å². The van der Waals surface area contributed by atoms with Crippen LogP contribution in [0, 0.1) is 5.82 Å². The number of para-hydroxylation sites is 1. The van der Waals surface area contributed by atoms with Crippen LogP contribution in [0.25, 0.3) is 10.9 Å². The summed E-state index contributed by atoms with van der Waals surface area (Å²) in [7, 11) is 0. The van der Waals surface area contributed by atoms with E-state index in [-0.39, 0.29) is 17.8 Å². The molecule has 0 spiro atoms. The second-order valence-electron chi connectivity index (χ2n) is 6.27. The molecule has 0 radical (unpaired) electrons. The Morgan fingerprint density at radius 3 is 3.04 bits per heavy atom. The number of amides is 1. The lowest BCUT2D eigenvalue weighted by atomic mass is 10.0. The van der Waals surface area contributed by atoms with Crippen LogP contribution in [0.5, 0.6) is 0 Å². The topological polar surface area (TPSA) is 44.9 Å². The molecule has 3 nitrogen and oxygen atoms in total. The van der Waals surface area contributed by atoms with E-state index < -0.39 is 0 Å². The fraction of sp³-hybridized carbons (Fsp3) is 0.250. The summed E-state index contributed by atoms with van der Waals surface area (Å²) in [5.41, 5.74) is 3.14. The number of benzene rings is 2. The van der Waals surface area contributed by atoms with Gasteiger partial charge in [0, 0.05) is 34.2 Å². The van der Waals surface area contributed by atoms with E-state index in [2.05, 4.69) is 16.4 Å². The van der Waals surface area contributed by atoms with Gasteiger partial charge in [-0.05, 0) is 36.1 Å². The summed E-state index contributed by atoms with van der Waals surface area (Å²) >= 11 is 1.53. The molecule has 1 atom stereocenters. The number of carbonyl (C=O) groups excluding carboxylic acids is 1. The standard InChI is InChI=1S/C20H19FN2OS/c21-16-6-3-5-15-18(10-11-25-20(15)16)23-19(24)9-8-13-12-22-17-7-2-1-4-14(13)17/h1-7,12,18,22H,8-11H2,(H,23,24)/t18-/m1/s1. The van der Waals surface area contributed by atoms with Crippen molar-refractivity contribution in [2.75, 3.05) is 5.75 Å². The van der Waals surface area contributed by atoms with E-state index in [9.17, 15) is 9.18 Å². The molecule has 0 saturated heterocycles. The quantitative estimate of drug-likeness (QED) is 0.720. The first-order valence-electron chi connectivity index (χ1n) is 8.48. The molecule has 1 aliphatic heterocycles. The van der Waals surface area contributed by atoms with Crippen LogP contribution in [0.1, 0.15) is 30.0 Å². The van der Waals surface area contributed by atoms with Gasteiger partial charge < -0.3 is 10.3 Å². The maximum Gasteiger partial charge on any atom is 0.220 e. The Labute approximate surface area is 150 Å². The molecule has 2 N–H and O–H groups in total. The van der Waals surface area contributed by atoms with Gasteiger partial charge >= 0.3 is 0 Å². The number of aryl methyl sites for hydroxylation is 1. The highest BCUT2D eigenvalue weighted by molar-refractivity contribution is 7.99. The predicted octanol–water partition coefficient (Wildman–Crippen LogP) is 4.59. The van der Waals surface area contributed by atoms with Crippen molar-refractivity contribution in [3.05, 3.63) is 65.6 Å². The molecule has 3 aromatic rings. The highest BCUT2D eigenvalue weighted by Gasteiger charge is 2.24. The monoisotopic (exact) mass is 354 g/mol. The van der Waals surface area contributed by atoms with Crippen LogP contribution in [0.15, 0.2) is 53.6 Å². The summed E-state index contributed by atoms with van der Waals surface area (Å²) in [4.78, 5) is 16.3. The summed E-state index contributed by atoms with van der Waals surface area (Å²) in [5, 5.41) is 4.25. The van der Waals surface area contributed by atoms with Gasteiger partial charge in [0.2, 0.25) is 5.91 Å². The van der Waals surface area contributed by atoms with Crippen molar-refractivity contribution in [1.29, 1.82) is 0 Å². The van der Waals surface area contributed by atoms with Crippen molar-refractivity contribution >= 4 is 28.6 Å². The van der Waals surface area contributed by atoms with E-state index >= 15 is 0 Å². The Balaban J connectivity index is 1.43. The summed E-state index contributed by atoms with van der Waals surface area (Å²) < 4.78 is 13.9. The molecule has 25 heavy (non-hydrogen) atoms. The number of nitrogens with one attached hydrogen (secondary N) is 2. The maximum atomic E-state index is 13.9. The predicted molar refractivity (Wildman–Crippen MR) is 99.2 cm³/mol. The minimum Gasteiger partial charge on any atom is -0.361 e. The number of aromatic amines is 1. The molecule has 0 unspecified atom stereocenters. The van der Waals surface area contributed by atoms with Crippen LogP contribution in [0.4, 0.5) is 4.39 Å². The average Bonchev–Trinajstić information content (AvgIpc) is 3.04. The number of rotatable bonds is 4. The molecular formula is C20H19FN2OS. The smallest absolute Gasteiger partial charge is 0.220 e. The molecule has 0 aliphatic carbocycles. The first-order chi connectivity index (χ1) is 12.2. The molecule has 1 aliphatic rings. The van der Waals surface area contributed by atoms with Crippen molar-refractivity contribution in [2.24, 2.45) is 0 Å². The van der Waals surface area contributed by atoms with Crippen LogP contribution in [-0.4, -0.2) is 16.6 Å². The molecule has 128 valence electrons. The van der Waals surface area contributed by atoms with Crippen LogP contribution >= 0.6 is 11.8 Å². The molecule has 2 aromatic carbocycles. The number of halogens is 1. The lowest BCUT2D eigenvalue weighted by Gasteiger charge is -2.26. The van der Waals surface area contributed by atoms with Gasteiger partial charge in [-0.2, -0.15) is 0 Å². The van der Waals surface area contributed by atoms with Crippen LogP contribution in [-0.2, 0) is 11.2 Å². The SMILES string of the molecule is O=C(CCc1c[nH]c2ccccc12)N[C@@H]1CCSc2c(F)cccc21. The molecule has 4 rings (SSSR count). The summed E-state index contributed by atoms with van der Waals surface area (Å²) in [6, 6.07) is 13.1. The third-order valence-corrected chi connectivity index (χ3v) is 5.82. The Morgan fingerprint density at radius 2 is 2.12 bits per heavy atom. The number of thioether (sulfide) groups is 1. The van der Waals surface area contributed by atoms with E-state index in [4.69, 9.17) is 0 Å². The minimum atomic E-state index is -0.194. The second kappa shape index (κ2) is 6.92. The van der Waals surface area contributed by atoms with Gasteiger partial charge in [0.15, 0.2) is 0 Å². The molecule has 0 bridgehead atoms. The van der Waals surface area contributed by atoms with Crippen molar-refractivity contribution < 1.29 is 9.18 Å². The van der Waals surface area contributed by atoms with E-state index in [0.29, 0.717) is 17.7 Å². The van der Waals surface area contributed by atoms with Crippen LogP contribution in [0.3, 0.4) is 0 Å². The minimum absolute atomic E-state index is 0.0115. The van der Waals surface area contributed by atoms with E-state index in [1.165, 1.54) is 17.8 Å². The molecule has 5 heteroatoms. The van der Waals surface area contributed by atoms with Gasteiger partial charge in [-0.15, -0.1) is 11.8 Å². The fourth-order valence-electron chi connectivity index (χ4n) is 3.39. The first kappa shape index (κ1) is 16.2. The van der Waals surface area contributed by atoms with Crippen molar-refractivity contribution in [2.45, 2.75) is 30.2 Å². The Kier molecular flexibility index (Phi) is 4.49. The number of H-pyrrole nitrogens is 1. The number of hydrogen-bond donors (Lipinski definition) is 2. The molecule has 0 saturated carbocycles. The van der Waals surface area contributed by atoms with Gasteiger partial charge in [-0.1, -0.05) is 30.3 Å². The zero-order valence-electron chi connectivity index (χ0n) is 13.7. The molecule has 0 fully saturated rings.